The molecule has 1 fully saturated rings. The quantitative estimate of drug-likeness (QED) is 0.601. The Labute approximate surface area is 132 Å². The molecule has 0 spiro atoms. The fourth-order valence-electron chi connectivity index (χ4n) is 2.34. The Hall–Kier alpha value is -0.890. The maximum atomic E-state index is 6.10. The van der Waals surface area contributed by atoms with Crippen LogP contribution in [0.5, 0.6) is 5.88 Å². The first kappa shape index (κ1) is 15.0. The molecule has 5 nitrogen and oxygen atoms in total. The fourth-order valence-corrected chi connectivity index (χ4v) is 4.08. The monoisotopic (exact) mass is 325 g/mol. The number of hydrogen-bond acceptors (Lipinski definition) is 7. The number of methoxy groups -OCH3 is 1. The van der Waals surface area contributed by atoms with Crippen molar-refractivity contribution in [3.8, 4) is 5.88 Å². The van der Waals surface area contributed by atoms with Crippen molar-refractivity contribution in [2.75, 3.05) is 32.6 Å². The van der Waals surface area contributed by atoms with Crippen LogP contribution < -0.4 is 4.74 Å². The van der Waals surface area contributed by atoms with E-state index in [1.54, 1.807) is 24.8 Å². The molecule has 0 atom stereocenters. The summed E-state index contributed by atoms with van der Waals surface area (Å²) in [6, 6.07) is 2.00. The van der Waals surface area contributed by atoms with Gasteiger partial charge in [-0.2, -0.15) is 0 Å². The van der Waals surface area contributed by atoms with Gasteiger partial charge in [0.05, 0.1) is 12.1 Å². The van der Waals surface area contributed by atoms with Gasteiger partial charge in [-0.25, -0.2) is 9.97 Å². The Morgan fingerprint density at radius 1 is 1.38 bits per heavy atom. The topological polar surface area (TPSA) is 47.5 Å². The van der Waals surface area contributed by atoms with Gasteiger partial charge in [-0.3, -0.25) is 4.31 Å². The SMILES string of the molecule is COCCSN1CCC(Oc2ncnc3ccsc23)CC1. The molecule has 0 amide bonds. The van der Waals surface area contributed by atoms with Gasteiger partial charge in [-0.15, -0.1) is 11.3 Å². The zero-order chi connectivity index (χ0) is 14.5. The zero-order valence-electron chi connectivity index (χ0n) is 12.0. The van der Waals surface area contributed by atoms with Gasteiger partial charge in [0.15, 0.2) is 0 Å². The normalized spacial score (nSPS) is 17.4. The van der Waals surface area contributed by atoms with E-state index < -0.39 is 0 Å². The minimum absolute atomic E-state index is 0.254. The predicted octanol–water partition coefficient (Wildman–Crippen LogP) is 2.83. The van der Waals surface area contributed by atoms with Crippen LogP contribution in [0, 0.1) is 0 Å². The molecule has 0 bridgehead atoms. The molecular weight excluding hydrogens is 306 g/mol. The first-order valence-corrected chi connectivity index (χ1v) is 8.90. The largest absolute Gasteiger partial charge is 0.473 e. The van der Waals surface area contributed by atoms with E-state index in [0.717, 1.165) is 54.4 Å². The number of thiophene rings is 1. The summed E-state index contributed by atoms with van der Waals surface area (Å²) in [5.74, 6) is 1.75. The molecule has 0 radical (unpaired) electrons. The molecule has 0 aromatic carbocycles. The van der Waals surface area contributed by atoms with Crippen molar-refractivity contribution >= 4 is 33.5 Å². The average molecular weight is 325 g/mol. The zero-order valence-corrected chi connectivity index (χ0v) is 13.7. The highest BCUT2D eigenvalue weighted by Gasteiger charge is 2.22. The van der Waals surface area contributed by atoms with Gasteiger partial charge < -0.3 is 9.47 Å². The lowest BCUT2D eigenvalue weighted by atomic mass is 10.1. The van der Waals surface area contributed by atoms with E-state index >= 15 is 0 Å². The second-order valence-corrected chi connectivity index (χ2v) is 6.98. The molecule has 0 aliphatic carbocycles. The number of fused-ring (bicyclic) bond motifs is 1. The first-order valence-electron chi connectivity index (χ1n) is 7.08. The number of aromatic nitrogens is 2. The summed E-state index contributed by atoms with van der Waals surface area (Å²) in [6.45, 7) is 2.91. The Morgan fingerprint density at radius 2 is 2.24 bits per heavy atom. The van der Waals surface area contributed by atoms with Crippen LogP contribution in [0.25, 0.3) is 10.2 Å². The second-order valence-electron chi connectivity index (χ2n) is 4.89. The molecular formula is C14H19N3O2S2. The van der Waals surface area contributed by atoms with E-state index in [1.807, 2.05) is 23.4 Å². The molecule has 7 heteroatoms. The number of ether oxygens (including phenoxy) is 2. The van der Waals surface area contributed by atoms with Crippen molar-refractivity contribution in [3.63, 3.8) is 0 Å². The molecule has 3 rings (SSSR count). The van der Waals surface area contributed by atoms with Gasteiger partial charge in [-0.05, 0) is 24.3 Å². The number of nitrogens with zero attached hydrogens (tertiary/aromatic N) is 3. The van der Waals surface area contributed by atoms with Crippen molar-refractivity contribution < 1.29 is 9.47 Å². The third kappa shape index (κ3) is 3.85. The van der Waals surface area contributed by atoms with Gasteiger partial charge in [0.1, 0.15) is 17.1 Å². The molecule has 2 aromatic rings. The van der Waals surface area contributed by atoms with E-state index in [0.29, 0.717) is 0 Å². The van der Waals surface area contributed by atoms with E-state index in [-0.39, 0.29) is 6.10 Å². The van der Waals surface area contributed by atoms with Gasteiger partial charge in [0.25, 0.3) is 0 Å². The first-order chi connectivity index (χ1) is 10.4. The molecule has 1 saturated heterocycles. The summed E-state index contributed by atoms with van der Waals surface area (Å²) in [6.07, 6.45) is 3.91. The van der Waals surface area contributed by atoms with E-state index in [2.05, 4.69) is 14.3 Å². The van der Waals surface area contributed by atoms with E-state index in [9.17, 15) is 0 Å². The molecule has 0 N–H and O–H groups in total. The Balaban J connectivity index is 1.52. The minimum Gasteiger partial charge on any atom is -0.473 e. The Bertz CT molecular complexity index is 570. The standard InChI is InChI=1S/C14H19N3O2S2/c1-18-7-9-21-17-5-2-11(3-6-17)19-14-13-12(4-8-20-13)15-10-16-14/h4,8,10-11H,2-3,5-7,9H2,1H3. The summed E-state index contributed by atoms with van der Waals surface area (Å²) in [5, 5.41) is 2.03. The summed E-state index contributed by atoms with van der Waals surface area (Å²) in [4.78, 5) is 8.54. The van der Waals surface area contributed by atoms with Crippen molar-refractivity contribution in [2.45, 2.75) is 18.9 Å². The summed E-state index contributed by atoms with van der Waals surface area (Å²) < 4.78 is 14.6. The van der Waals surface area contributed by atoms with Crippen molar-refractivity contribution in [1.82, 2.24) is 14.3 Å². The second kappa shape index (κ2) is 7.40. The van der Waals surface area contributed by atoms with E-state index in [1.165, 1.54) is 0 Å². The van der Waals surface area contributed by atoms with Crippen molar-refractivity contribution in [1.29, 1.82) is 0 Å². The minimum atomic E-state index is 0.254. The number of piperidine rings is 1. The van der Waals surface area contributed by atoms with Gasteiger partial charge in [0.2, 0.25) is 5.88 Å². The number of rotatable bonds is 6. The summed E-state index contributed by atoms with van der Waals surface area (Å²) >= 11 is 3.50. The fraction of sp³-hybridized carbons (Fsp3) is 0.571. The summed E-state index contributed by atoms with van der Waals surface area (Å²) in [7, 11) is 1.74. The third-order valence-corrected chi connectivity index (χ3v) is 5.42. The highest BCUT2D eigenvalue weighted by Crippen LogP contribution is 2.29. The van der Waals surface area contributed by atoms with Gasteiger partial charge in [-0.1, -0.05) is 11.9 Å². The van der Waals surface area contributed by atoms with Crippen molar-refractivity contribution in [3.05, 3.63) is 17.8 Å². The van der Waals surface area contributed by atoms with Crippen molar-refractivity contribution in [2.24, 2.45) is 0 Å². The highest BCUT2D eigenvalue weighted by molar-refractivity contribution is 7.97. The van der Waals surface area contributed by atoms with Gasteiger partial charge in [0, 0.05) is 26.0 Å². The van der Waals surface area contributed by atoms with Crippen LogP contribution in [0.3, 0.4) is 0 Å². The average Bonchev–Trinajstić information content (AvgIpc) is 2.99. The Morgan fingerprint density at radius 3 is 3.05 bits per heavy atom. The summed E-state index contributed by atoms with van der Waals surface area (Å²) in [5.41, 5.74) is 0.970. The third-order valence-electron chi connectivity index (χ3n) is 3.45. The van der Waals surface area contributed by atoms with Crippen LogP contribution in [0.15, 0.2) is 17.8 Å². The predicted molar refractivity (Wildman–Crippen MR) is 87.0 cm³/mol. The van der Waals surface area contributed by atoms with E-state index in [4.69, 9.17) is 9.47 Å². The smallest absolute Gasteiger partial charge is 0.235 e. The molecule has 114 valence electrons. The number of hydrogen-bond donors (Lipinski definition) is 0. The molecule has 21 heavy (non-hydrogen) atoms. The molecule has 3 heterocycles. The Kier molecular flexibility index (Phi) is 5.29. The van der Waals surface area contributed by atoms with Crippen LogP contribution in [-0.4, -0.2) is 52.9 Å². The van der Waals surface area contributed by atoms with Crippen LogP contribution in [0.1, 0.15) is 12.8 Å². The van der Waals surface area contributed by atoms with Crippen LogP contribution in [-0.2, 0) is 4.74 Å². The lowest BCUT2D eigenvalue weighted by Crippen LogP contribution is -2.35. The molecule has 0 saturated carbocycles. The lowest BCUT2D eigenvalue weighted by molar-refractivity contribution is 0.135. The van der Waals surface area contributed by atoms with Crippen LogP contribution >= 0.6 is 23.3 Å². The van der Waals surface area contributed by atoms with Crippen LogP contribution in [0.4, 0.5) is 0 Å². The maximum Gasteiger partial charge on any atom is 0.235 e. The highest BCUT2D eigenvalue weighted by atomic mass is 32.2. The lowest BCUT2D eigenvalue weighted by Gasteiger charge is -2.30. The molecule has 0 unspecified atom stereocenters. The molecule has 1 aliphatic heterocycles. The molecule has 2 aromatic heterocycles. The molecule has 1 aliphatic rings. The van der Waals surface area contributed by atoms with Crippen LogP contribution in [0.2, 0.25) is 0 Å². The maximum absolute atomic E-state index is 6.10. The van der Waals surface area contributed by atoms with Gasteiger partial charge >= 0.3 is 0 Å².